The molecule has 132 valence electrons. The van der Waals surface area contributed by atoms with Gasteiger partial charge >= 0.3 is 5.97 Å². The fourth-order valence-electron chi connectivity index (χ4n) is 2.76. The zero-order chi connectivity index (χ0) is 18.1. The molecule has 0 N–H and O–H groups in total. The van der Waals surface area contributed by atoms with E-state index in [0.717, 1.165) is 17.8 Å². The summed E-state index contributed by atoms with van der Waals surface area (Å²) in [6.45, 7) is 12.3. The monoisotopic (exact) mass is 351 g/mol. The van der Waals surface area contributed by atoms with Gasteiger partial charge in [-0.2, -0.15) is 5.10 Å². The molecule has 2 rings (SSSR count). The third-order valence-electron chi connectivity index (χ3n) is 4.04. The van der Waals surface area contributed by atoms with E-state index in [9.17, 15) is 4.79 Å². The molecule has 0 fully saturated rings. The maximum atomic E-state index is 12.4. The third kappa shape index (κ3) is 3.56. The summed E-state index contributed by atoms with van der Waals surface area (Å²) >= 11 is 6.64. The Bertz CT molecular complexity index is 747. The molecule has 2 aromatic heterocycles. The lowest BCUT2D eigenvalue weighted by molar-refractivity contribution is -0.145. The Morgan fingerprint density at radius 2 is 2.04 bits per heavy atom. The highest BCUT2D eigenvalue weighted by Crippen LogP contribution is 2.33. The van der Waals surface area contributed by atoms with E-state index in [1.807, 2.05) is 19.9 Å². The third-order valence-corrected chi connectivity index (χ3v) is 4.40. The summed E-state index contributed by atoms with van der Waals surface area (Å²) in [4.78, 5) is 17.0. The molecule has 1 unspecified atom stereocenters. The van der Waals surface area contributed by atoms with Crippen molar-refractivity contribution in [1.29, 1.82) is 0 Å². The Labute approximate surface area is 148 Å². The van der Waals surface area contributed by atoms with E-state index in [2.05, 4.69) is 30.9 Å². The summed E-state index contributed by atoms with van der Waals surface area (Å²) < 4.78 is 6.87. The minimum Gasteiger partial charge on any atom is -0.466 e. The predicted octanol–water partition coefficient (Wildman–Crippen LogP) is 4.44. The smallest absolute Gasteiger partial charge is 0.313 e. The summed E-state index contributed by atoms with van der Waals surface area (Å²) in [5.74, 6) is -0.671. The van der Waals surface area contributed by atoms with Gasteiger partial charge in [-0.15, -0.1) is 0 Å². The fourth-order valence-corrected chi connectivity index (χ4v) is 3.16. The first-order chi connectivity index (χ1) is 11.2. The van der Waals surface area contributed by atoms with Crippen molar-refractivity contribution >= 4 is 23.2 Å². The lowest BCUT2D eigenvalue weighted by Crippen LogP contribution is -2.19. The van der Waals surface area contributed by atoms with Crippen LogP contribution in [0.5, 0.6) is 0 Å². The number of hydrogen-bond donors (Lipinski definition) is 0. The van der Waals surface area contributed by atoms with Crippen molar-refractivity contribution in [3.8, 4) is 0 Å². The highest BCUT2D eigenvalue weighted by atomic mass is 35.5. The molecule has 0 saturated heterocycles. The molecule has 0 aliphatic heterocycles. The van der Waals surface area contributed by atoms with Gasteiger partial charge in [-0.3, -0.25) is 4.79 Å². The number of nitrogens with zero attached hydrogens (tertiary/aromatic N) is 3. The van der Waals surface area contributed by atoms with E-state index < -0.39 is 5.92 Å². The van der Waals surface area contributed by atoms with Gasteiger partial charge in [0, 0.05) is 22.7 Å². The maximum Gasteiger partial charge on any atom is 0.313 e. The van der Waals surface area contributed by atoms with E-state index >= 15 is 0 Å². The van der Waals surface area contributed by atoms with Gasteiger partial charge in [-0.1, -0.05) is 45.7 Å². The number of carbonyl (C=O) groups is 1. The van der Waals surface area contributed by atoms with Gasteiger partial charge in [0.2, 0.25) is 0 Å². The average molecular weight is 352 g/mol. The first kappa shape index (κ1) is 18.7. The standard InChI is InChI=1S/C18H26ClN3O2/c1-7-9-12(17(23)24-8-2)15-11(3)20-14-10-13(18(4,5)6)21-22(14)16(15)19/h10,12H,7-9H2,1-6H3. The summed E-state index contributed by atoms with van der Waals surface area (Å²) in [7, 11) is 0. The number of halogens is 1. The van der Waals surface area contributed by atoms with E-state index in [1.54, 1.807) is 11.4 Å². The van der Waals surface area contributed by atoms with Gasteiger partial charge in [0.25, 0.3) is 0 Å². The van der Waals surface area contributed by atoms with E-state index in [-0.39, 0.29) is 11.4 Å². The number of rotatable bonds is 5. The van der Waals surface area contributed by atoms with Crippen molar-refractivity contribution in [3.63, 3.8) is 0 Å². The van der Waals surface area contributed by atoms with Crippen LogP contribution in [0.1, 0.15) is 70.3 Å². The maximum absolute atomic E-state index is 12.4. The van der Waals surface area contributed by atoms with Crippen LogP contribution >= 0.6 is 11.6 Å². The van der Waals surface area contributed by atoms with Crippen molar-refractivity contribution in [2.24, 2.45) is 0 Å². The van der Waals surface area contributed by atoms with Gasteiger partial charge in [-0.05, 0) is 20.3 Å². The molecule has 5 nitrogen and oxygen atoms in total. The number of carbonyl (C=O) groups excluding carboxylic acids is 1. The Hall–Kier alpha value is -1.62. The molecule has 6 heteroatoms. The van der Waals surface area contributed by atoms with Crippen LogP contribution in [0.25, 0.3) is 5.65 Å². The Morgan fingerprint density at radius 1 is 1.38 bits per heavy atom. The lowest BCUT2D eigenvalue weighted by Gasteiger charge is -2.18. The van der Waals surface area contributed by atoms with Crippen LogP contribution in [0.2, 0.25) is 5.15 Å². The van der Waals surface area contributed by atoms with Crippen LogP contribution in [0, 0.1) is 6.92 Å². The van der Waals surface area contributed by atoms with Crippen LogP contribution in [-0.4, -0.2) is 27.2 Å². The van der Waals surface area contributed by atoms with E-state index in [1.165, 1.54) is 0 Å². The van der Waals surface area contributed by atoms with E-state index in [0.29, 0.717) is 29.4 Å². The molecule has 0 amide bonds. The van der Waals surface area contributed by atoms with Crippen molar-refractivity contribution in [2.75, 3.05) is 6.61 Å². The van der Waals surface area contributed by atoms with Crippen molar-refractivity contribution in [1.82, 2.24) is 14.6 Å². The highest BCUT2D eigenvalue weighted by molar-refractivity contribution is 6.30. The molecule has 0 bridgehead atoms. The predicted molar refractivity (Wildman–Crippen MR) is 95.7 cm³/mol. The van der Waals surface area contributed by atoms with Crippen molar-refractivity contribution < 1.29 is 9.53 Å². The molecule has 2 aromatic rings. The first-order valence-corrected chi connectivity index (χ1v) is 8.81. The quantitative estimate of drug-likeness (QED) is 0.590. The summed E-state index contributed by atoms with van der Waals surface area (Å²) in [6, 6.07) is 1.95. The van der Waals surface area contributed by atoms with Crippen molar-refractivity contribution in [3.05, 3.63) is 28.2 Å². The summed E-state index contributed by atoms with van der Waals surface area (Å²) in [5, 5.41) is 5.05. The summed E-state index contributed by atoms with van der Waals surface area (Å²) in [5.41, 5.74) is 2.98. The Balaban J connectivity index is 2.62. The normalized spacial score (nSPS) is 13.3. The SMILES string of the molecule is CCCC(C(=O)OCC)c1c(C)nc2cc(C(C)(C)C)nn2c1Cl. The molecular weight excluding hydrogens is 326 g/mol. The minimum absolute atomic E-state index is 0.102. The molecule has 0 spiro atoms. The van der Waals surface area contributed by atoms with Crippen LogP contribution in [0.4, 0.5) is 0 Å². The number of fused-ring (bicyclic) bond motifs is 1. The molecule has 0 saturated carbocycles. The fraction of sp³-hybridized carbons (Fsp3) is 0.611. The van der Waals surface area contributed by atoms with E-state index in [4.69, 9.17) is 16.3 Å². The molecule has 0 aliphatic carbocycles. The molecule has 0 aromatic carbocycles. The zero-order valence-corrected chi connectivity index (χ0v) is 16.1. The van der Waals surface area contributed by atoms with Gasteiger partial charge in [0.05, 0.1) is 18.2 Å². The highest BCUT2D eigenvalue weighted by Gasteiger charge is 2.29. The number of aromatic nitrogens is 3. The molecule has 0 aliphatic rings. The average Bonchev–Trinajstić information content (AvgIpc) is 2.90. The number of ether oxygens (including phenoxy) is 1. The number of hydrogen-bond acceptors (Lipinski definition) is 4. The van der Waals surface area contributed by atoms with Crippen LogP contribution < -0.4 is 0 Å². The second-order valence-corrected chi connectivity index (χ2v) is 7.40. The molecule has 2 heterocycles. The molecular formula is C18H26ClN3O2. The Kier molecular flexibility index (Phi) is 5.53. The van der Waals surface area contributed by atoms with Gasteiger partial charge in [-0.25, -0.2) is 9.50 Å². The minimum atomic E-state index is -0.415. The second kappa shape index (κ2) is 7.09. The first-order valence-electron chi connectivity index (χ1n) is 8.43. The molecule has 1 atom stereocenters. The zero-order valence-electron chi connectivity index (χ0n) is 15.3. The Morgan fingerprint density at radius 3 is 2.58 bits per heavy atom. The number of aryl methyl sites for hydroxylation is 1. The summed E-state index contributed by atoms with van der Waals surface area (Å²) in [6.07, 6.45) is 1.52. The topological polar surface area (TPSA) is 56.5 Å². The lowest BCUT2D eigenvalue weighted by atomic mass is 9.92. The molecule has 0 radical (unpaired) electrons. The van der Waals surface area contributed by atoms with Crippen LogP contribution in [0.15, 0.2) is 6.07 Å². The van der Waals surface area contributed by atoms with Gasteiger partial charge in [0.15, 0.2) is 5.65 Å². The van der Waals surface area contributed by atoms with Crippen LogP contribution in [-0.2, 0) is 14.9 Å². The van der Waals surface area contributed by atoms with Crippen LogP contribution in [0.3, 0.4) is 0 Å². The largest absolute Gasteiger partial charge is 0.466 e. The van der Waals surface area contributed by atoms with Gasteiger partial charge < -0.3 is 4.74 Å². The molecule has 24 heavy (non-hydrogen) atoms. The van der Waals surface area contributed by atoms with Crippen molar-refractivity contribution in [2.45, 2.75) is 65.7 Å². The second-order valence-electron chi connectivity index (χ2n) is 7.04. The number of esters is 1. The van der Waals surface area contributed by atoms with Gasteiger partial charge in [0.1, 0.15) is 5.15 Å².